The van der Waals surface area contributed by atoms with Gasteiger partial charge in [0.25, 0.3) is 0 Å². The summed E-state index contributed by atoms with van der Waals surface area (Å²) in [4.78, 5) is 10.6. The van der Waals surface area contributed by atoms with Gasteiger partial charge in [-0.15, -0.1) is 0 Å². The zero-order chi connectivity index (χ0) is 11.7. The third kappa shape index (κ3) is 8.39. The van der Waals surface area contributed by atoms with Gasteiger partial charge < -0.3 is 15.2 Å². The Hall–Kier alpha value is -0.610. The monoisotopic (exact) mass is 217 g/mol. The minimum Gasteiger partial charge on any atom is -0.480 e. The minimum absolute atomic E-state index is 0.491. The molecule has 0 saturated carbocycles. The second kappa shape index (κ2) is 8.68. The van der Waals surface area contributed by atoms with Crippen LogP contribution in [-0.4, -0.2) is 37.4 Å². The van der Waals surface area contributed by atoms with Crippen molar-refractivity contribution in [2.45, 2.75) is 39.2 Å². The molecule has 15 heavy (non-hydrogen) atoms. The van der Waals surface area contributed by atoms with E-state index in [-0.39, 0.29) is 0 Å². The summed E-state index contributed by atoms with van der Waals surface area (Å²) in [7, 11) is 1.65. The van der Waals surface area contributed by atoms with Crippen molar-refractivity contribution < 1.29 is 14.6 Å². The molecule has 0 aromatic rings. The maximum atomic E-state index is 10.6. The summed E-state index contributed by atoms with van der Waals surface area (Å²) in [6, 6.07) is -0.491. The maximum Gasteiger partial charge on any atom is 0.320 e. The maximum absolute atomic E-state index is 10.6. The Morgan fingerprint density at radius 2 is 2.00 bits per heavy atom. The molecule has 0 bridgehead atoms. The first kappa shape index (κ1) is 14.4. The average Bonchev–Trinajstić information content (AvgIpc) is 2.15. The van der Waals surface area contributed by atoms with E-state index >= 15 is 0 Å². The molecule has 0 aromatic heterocycles. The fourth-order valence-corrected chi connectivity index (χ4v) is 1.29. The van der Waals surface area contributed by atoms with Crippen LogP contribution in [0.1, 0.15) is 33.1 Å². The smallest absolute Gasteiger partial charge is 0.320 e. The molecule has 4 heteroatoms. The fourth-order valence-electron chi connectivity index (χ4n) is 1.29. The van der Waals surface area contributed by atoms with Gasteiger partial charge in [0.2, 0.25) is 0 Å². The highest BCUT2D eigenvalue weighted by Crippen LogP contribution is 2.03. The predicted octanol–water partition coefficient (Wildman–Crippen LogP) is 1.50. The van der Waals surface area contributed by atoms with Gasteiger partial charge in [0, 0.05) is 13.2 Å². The molecule has 90 valence electrons. The summed E-state index contributed by atoms with van der Waals surface area (Å²) in [6.07, 6.45) is 2.73. The van der Waals surface area contributed by atoms with Crippen molar-refractivity contribution in [2.24, 2.45) is 5.92 Å². The van der Waals surface area contributed by atoms with Gasteiger partial charge in [0.05, 0.1) is 0 Å². The van der Waals surface area contributed by atoms with E-state index in [2.05, 4.69) is 19.2 Å². The molecule has 1 unspecified atom stereocenters. The molecule has 0 rings (SSSR count). The first-order valence-corrected chi connectivity index (χ1v) is 5.55. The van der Waals surface area contributed by atoms with Crippen LogP contribution in [0.3, 0.4) is 0 Å². The largest absolute Gasteiger partial charge is 0.480 e. The first-order chi connectivity index (χ1) is 7.07. The molecule has 2 N–H and O–H groups in total. The molecule has 0 aromatic carbocycles. The lowest BCUT2D eigenvalue weighted by molar-refractivity contribution is -0.139. The van der Waals surface area contributed by atoms with Crippen molar-refractivity contribution in [1.29, 1.82) is 0 Å². The number of ether oxygens (including phenoxy) is 1. The van der Waals surface area contributed by atoms with Gasteiger partial charge in [-0.1, -0.05) is 13.8 Å². The lowest BCUT2D eigenvalue weighted by Crippen LogP contribution is -2.34. The van der Waals surface area contributed by atoms with E-state index in [1.165, 1.54) is 0 Å². The number of carboxylic acid groups (broad SMARTS) is 1. The molecule has 0 saturated heterocycles. The van der Waals surface area contributed by atoms with Crippen LogP contribution in [-0.2, 0) is 9.53 Å². The molecule has 0 aliphatic heterocycles. The molecular weight excluding hydrogens is 194 g/mol. The summed E-state index contributed by atoms with van der Waals surface area (Å²) in [5, 5.41) is 11.5. The van der Waals surface area contributed by atoms with Gasteiger partial charge in [0.15, 0.2) is 0 Å². The number of carboxylic acids is 1. The topological polar surface area (TPSA) is 58.6 Å². The van der Waals surface area contributed by atoms with E-state index in [4.69, 9.17) is 9.84 Å². The van der Waals surface area contributed by atoms with E-state index in [0.717, 1.165) is 19.4 Å². The van der Waals surface area contributed by atoms with E-state index < -0.39 is 12.0 Å². The van der Waals surface area contributed by atoms with Crippen LogP contribution >= 0.6 is 0 Å². The van der Waals surface area contributed by atoms with Gasteiger partial charge in [-0.3, -0.25) is 4.79 Å². The lowest BCUT2D eigenvalue weighted by Gasteiger charge is -2.11. The zero-order valence-corrected chi connectivity index (χ0v) is 9.95. The van der Waals surface area contributed by atoms with Gasteiger partial charge in [0.1, 0.15) is 6.04 Å². The Morgan fingerprint density at radius 1 is 1.33 bits per heavy atom. The molecule has 0 radical (unpaired) electrons. The summed E-state index contributed by atoms with van der Waals surface area (Å²) < 4.78 is 5.36. The van der Waals surface area contributed by atoms with Crippen molar-refractivity contribution >= 4 is 5.97 Å². The Kier molecular flexibility index (Phi) is 8.33. The Morgan fingerprint density at radius 3 is 2.47 bits per heavy atom. The number of hydrogen-bond donors (Lipinski definition) is 2. The Bertz CT molecular complexity index is 171. The molecular formula is C11H23NO3. The van der Waals surface area contributed by atoms with Crippen LogP contribution in [0.2, 0.25) is 0 Å². The fraction of sp³-hybridized carbons (Fsp3) is 0.909. The van der Waals surface area contributed by atoms with Crippen LogP contribution in [0, 0.1) is 5.92 Å². The highest BCUT2D eigenvalue weighted by molar-refractivity contribution is 5.73. The van der Waals surface area contributed by atoms with Crippen LogP contribution in [0.4, 0.5) is 0 Å². The Balaban J connectivity index is 3.33. The summed E-state index contributed by atoms with van der Waals surface area (Å²) in [5.74, 6) is -0.110. The average molecular weight is 217 g/mol. The van der Waals surface area contributed by atoms with E-state index in [1.807, 2.05) is 0 Å². The van der Waals surface area contributed by atoms with Crippen molar-refractivity contribution in [2.75, 3.05) is 20.3 Å². The number of rotatable bonds is 9. The van der Waals surface area contributed by atoms with Crippen LogP contribution < -0.4 is 5.32 Å². The summed E-state index contributed by atoms with van der Waals surface area (Å²) >= 11 is 0. The van der Waals surface area contributed by atoms with Gasteiger partial charge in [-0.25, -0.2) is 0 Å². The molecule has 0 fully saturated rings. The van der Waals surface area contributed by atoms with Crippen molar-refractivity contribution in [3.8, 4) is 0 Å². The van der Waals surface area contributed by atoms with Crippen LogP contribution in [0.25, 0.3) is 0 Å². The molecule has 1 atom stereocenters. The number of nitrogens with one attached hydrogen (secondary N) is 1. The number of likely N-dealkylation sites (N-methyl/N-ethyl adjacent to an activating group) is 1. The highest BCUT2D eigenvalue weighted by Gasteiger charge is 2.13. The standard InChI is InChI=1S/C11H23NO3/c1-9(2)5-4-7-15-8-6-10(12-3)11(13)14/h9-10,12H,4-8H2,1-3H3,(H,13,14). The van der Waals surface area contributed by atoms with Gasteiger partial charge in [-0.2, -0.15) is 0 Å². The first-order valence-electron chi connectivity index (χ1n) is 5.55. The quantitative estimate of drug-likeness (QED) is 0.575. The summed E-state index contributed by atoms with van der Waals surface area (Å²) in [5.41, 5.74) is 0. The third-order valence-electron chi connectivity index (χ3n) is 2.27. The number of aliphatic carboxylic acids is 1. The van der Waals surface area contributed by atoms with E-state index in [0.29, 0.717) is 18.9 Å². The lowest BCUT2D eigenvalue weighted by atomic mass is 10.1. The second-order valence-corrected chi connectivity index (χ2v) is 4.12. The number of carbonyl (C=O) groups is 1. The molecule has 4 nitrogen and oxygen atoms in total. The van der Waals surface area contributed by atoms with E-state index in [9.17, 15) is 4.79 Å². The predicted molar refractivity (Wildman–Crippen MR) is 60.0 cm³/mol. The van der Waals surface area contributed by atoms with Crippen LogP contribution in [0.5, 0.6) is 0 Å². The van der Waals surface area contributed by atoms with Crippen LogP contribution in [0.15, 0.2) is 0 Å². The normalized spacial score (nSPS) is 13.1. The minimum atomic E-state index is -0.816. The molecule has 0 aliphatic rings. The molecule has 0 heterocycles. The zero-order valence-electron chi connectivity index (χ0n) is 9.95. The van der Waals surface area contributed by atoms with E-state index in [1.54, 1.807) is 7.05 Å². The number of hydrogen-bond acceptors (Lipinski definition) is 3. The second-order valence-electron chi connectivity index (χ2n) is 4.12. The molecule has 0 aliphatic carbocycles. The molecule has 0 spiro atoms. The third-order valence-corrected chi connectivity index (χ3v) is 2.27. The van der Waals surface area contributed by atoms with Crippen molar-refractivity contribution in [1.82, 2.24) is 5.32 Å². The van der Waals surface area contributed by atoms with Gasteiger partial charge >= 0.3 is 5.97 Å². The SMILES string of the molecule is CNC(CCOCCCC(C)C)C(=O)O. The highest BCUT2D eigenvalue weighted by atomic mass is 16.5. The Labute approximate surface area is 92.0 Å². The van der Waals surface area contributed by atoms with Gasteiger partial charge in [-0.05, 0) is 32.2 Å². The summed E-state index contributed by atoms with van der Waals surface area (Å²) in [6.45, 7) is 5.60. The van der Waals surface area contributed by atoms with Crippen molar-refractivity contribution in [3.05, 3.63) is 0 Å². The van der Waals surface area contributed by atoms with Crippen molar-refractivity contribution in [3.63, 3.8) is 0 Å². The molecule has 0 amide bonds.